The second kappa shape index (κ2) is 7.24. The van der Waals surface area contributed by atoms with E-state index in [9.17, 15) is 0 Å². The molecule has 90 valence electrons. The third-order valence-corrected chi connectivity index (χ3v) is 3.52. The fraction of sp³-hybridized carbons (Fsp3) is 1.00. The summed E-state index contributed by atoms with van der Waals surface area (Å²) in [6.07, 6.45) is 6.90. The summed E-state index contributed by atoms with van der Waals surface area (Å²) in [4.78, 5) is 0. The molecule has 1 saturated carbocycles. The monoisotopic (exact) mass is 213 g/mol. The highest BCUT2D eigenvalue weighted by atomic mass is 16.5. The van der Waals surface area contributed by atoms with E-state index in [1.165, 1.54) is 32.1 Å². The molecule has 1 fully saturated rings. The zero-order valence-electron chi connectivity index (χ0n) is 10.6. The quantitative estimate of drug-likeness (QED) is 0.732. The van der Waals surface area contributed by atoms with Gasteiger partial charge < -0.3 is 10.1 Å². The fourth-order valence-corrected chi connectivity index (χ4v) is 2.48. The maximum absolute atomic E-state index is 5.42. The van der Waals surface area contributed by atoms with Crippen molar-refractivity contribution in [2.45, 2.75) is 65.0 Å². The van der Waals surface area contributed by atoms with Crippen LogP contribution in [0.15, 0.2) is 0 Å². The first-order chi connectivity index (χ1) is 7.26. The number of hydrogen-bond donors (Lipinski definition) is 1. The molecule has 0 bridgehead atoms. The highest BCUT2D eigenvalue weighted by Crippen LogP contribution is 2.26. The predicted molar refractivity (Wildman–Crippen MR) is 65.1 cm³/mol. The van der Waals surface area contributed by atoms with E-state index >= 15 is 0 Å². The summed E-state index contributed by atoms with van der Waals surface area (Å²) >= 11 is 0. The molecule has 0 amide bonds. The molecule has 0 radical (unpaired) electrons. The lowest BCUT2D eigenvalue weighted by molar-refractivity contribution is 0.119. The molecule has 2 nitrogen and oxygen atoms in total. The van der Waals surface area contributed by atoms with Gasteiger partial charge in [-0.05, 0) is 45.4 Å². The van der Waals surface area contributed by atoms with Gasteiger partial charge in [0, 0.05) is 18.7 Å². The summed E-state index contributed by atoms with van der Waals surface area (Å²) in [5.41, 5.74) is 0. The van der Waals surface area contributed by atoms with Gasteiger partial charge in [0.15, 0.2) is 0 Å². The molecule has 1 unspecified atom stereocenters. The Morgan fingerprint density at radius 3 is 2.40 bits per heavy atom. The second-order valence-corrected chi connectivity index (χ2v) is 4.85. The second-order valence-electron chi connectivity index (χ2n) is 4.85. The van der Waals surface area contributed by atoms with Crippen molar-refractivity contribution < 1.29 is 4.74 Å². The van der Waals surface area contributed by atoms with Crippen LogP contribution in [0.3, 0.4) is 0 Å². The molecule has 0 aliphatic heterocycles. The van der Waals surface area contributed by atoms with Crippen molar-refractivity contribution >= 4 is 0 Å². The molecule has 1 N–H and O–H groups in total. The standard InChI is InChI=1S/C13H27NO/c1-4-12-6-8-13(9-7-12)14-11(3)10-15-5-2/h11-14H,4-10H2,1-3H3. The third kappa shape index (κ3) is 4.98. The van der Waals surface area contributed by atoms with E-state index in [4.69, 9.17) is 4.74 Å². The van der Waals surface area contributed by atoms with Crippen LogP contribution in [0.4, 0.5) is 0 Å². The summed E-state index contributed by atoms with van der Waals surface area (Å²) in [7, 11) is 0. The minimum absolute atomic E-state index is 0.508. The van der Waals surface area contributed by atoms with Gasteiger partial charge in [0.2, 0.25) is 0 Å². The van der Waals surface area contributed by atoms with E-state index in [1.807, 2.05) is 0 Å². The summed E-state index contributed by atoms with van der Waals surface area (Å²) < 4.78 is 5.42. The fourth-order valence-electron chi connectivity index (χ4n) is 2.48. The van der Waals surface area contributed by atoms with Gasteiger partial charge >= 0.3 is 0 Å². The SMILES string of the molecule is CCOCC(C)NC1CCC(CC)CC1. The average molecular weight is 213 g/mol. The number of rotatable bonds is 6. The number of ether oxygens (including phenoxy) is 1. The first-order valence-corrected chi connectivity index (χ1v) is 6.60. The highest BCUT2D eigenvalue weighted by molar-refractivity contribution is 4.78. The molecule has 0 aromatic heterocycles. The van der Waals surface area contributed by atoms with E-state index in [2.05, 4.69) is 26.1 Å². The first kappa shape index (κ1) is 13.0. The molecule has 2 heteroatoms. The minimum Gasteiger partial charge on any atom is -0.380 e. The molecule has 0 aromatic carbocycles. The van der Waals surface area contributed by atoms with Crippen LogP contribution in [-0.2, 0) is 4.74 Å². The van der Waals surface area contributed by atoms with Gasteiger partial charge in [0.25, 0.3) is 0 Å². The van der Waals surface area contributed by atoms with Crippen LogP contribution < -0.4 is 5.32 Å². The molecule has 1 aliphatic carbocycles. The number of nitrogens with one attached hydrogen (secondary N) is 1. The Hall–Kier alpha value is -0.0800. The molecule has 0 spiro atoms. The molecular weight excluding hydrogens is 186 g/mol. The lowest BCUT2D eigenvalue weighted by Gasteiger charge is -2.30. The topological polar surface area (TPSA) is 21.3 Å². The lowest BCUT2D eigenvalue weighted by Crippen LogP contribution is -2.41. The van der Waals surface area contributed by atoms with Crippen LogP contribution in [0.1, 0.15) is 52.9 Å². The molecule has 15 heavy (non-hydrogen) atoms. The zero-order valence-corrected chi connectivity index (χ0v) is 10.6. The maximum atomic E-state index is 5.42. The van der Waals surface area contributed by atoms with Gasteiger partial charge in [-0.1, -0.05) is 13.3 Å². The Labute approximate surface area is 94.8 Å². The van der Waals surface area contributed by atoms with Crippen molar-refractivity contribution in [3.63, 3.8) is 0 Å². The first-order valence-electron chi connectivity index (χ1n) is 6.60. The van der Waals surface area contributed by atoms with Gasteiger partial charge in [-0.2, -0.15) is 0 Å². The van der Waals surface area contributed by atoms with Crippen LogP contribution in [0.25, 0.3) is 0 Å². The van der Waals surface area contributed by atoms with Gasteiger partial charge in [0.1, 0.15) is 0 Å². The predicted octanol–water partition coefficient (Wildman–Crippen LogP) is 2.97. The van der Waals surface area contributed by atoms with Crippen molar-refractivity contribution in [1.82, 2.24) is 5.32 Å². The Kier molecular flexibility index (Phi) is 6.26. The van der Waals surface area contributed by atoms with Gasteiger partial charge in [-0.3, -0.25) is 0 Å². The molecule has 0 saturated heterocycles. The van der Waals surface area contributed by atoms with Crippen molar-refractivity contribution in [3.8, 4) is 0 Å². The van der Waals surface area contributed by atoms with E-state index < -0.39 is 0 Å². The summed E-state index contributed by atoms with van der Waals surface area (Å²) in [6, 6.07) is 1.25. The summed E-state index contributed by atoms with van der Waals surface area (Å²) in [5, 5.41) is 3.67. The summed E-state index contributed by atoms with van der Waals surface area (Å²) in [5.74, 6) is 0.991. The lowest BCUT2D eigenvalue weighted by atomic mass is 9.84. The molecule has 1 atom stereocenters. The molecule has 1 aliphatic rings. The maximum Gasteiger partial charge on any atom is 0.0616 e. The molecule has 0 heterocycles. The van der Waals surface area contributed by atoms with Gasteiger partial charge in [0.05, 0.1) is 6.61 Å². The Bertz CT molecular complexity index is 153. The molecular formula is C13H27NO. The van der Waals surface area contributed by atoms with Crippen molar-refractivity contribution in [2.75, 3.05) is 13.2 Å². The van der Waals surface area contributed by atoms with Crippen molar-refractivity contribution in [1.29, 1.82) is 0 Å². The zero-order chi connectivity index (χ0) is 11.1. The van der Waals surface area contributed by atoms with Crippen LogP contribution in [0.2, 0.25) is 0 Å². The van der Waals surface area contributed by atoms with Crippen LogP contribution >= 0.6 is 0 Å². The number of hydrogen-bond acceptors (Lipinski definition) is 2. The Balaban J connectivity index is 2.12. The molecule has 0 aromatic rings. The van der Waals surface area contributed by atoms with Gasteiger partial charge in [-0.25, -0.2) is 0 Å². The van der Waals surface area contributed by atoms with Crippen LogP contribution in [-0.4, -0.2) is 25.3 Å². The van der Waals surface area contributed by atoms with E-state index in [-0.39, 0.29) is 0 Å². The van der Waals surface area contributed by atoms with E-state index in [0.29, 0.717) is 6.04 Å². The van der Waals surface area contributed by atoms with Gasteiger partial charge in [-0.15, -0.1) is 0 Å². The van der Waals surface area contributed by atoms with Crippen LogP contribution in [0, 0.1) is 5.92 Å². The normalized spacial score (nSPS) is 29.0. The molecule has 1 rings (SSSR count). The smallest absolute Gasteiger partial charge is 0.0616 e. The largest absolute Gasteiger partial charge is 0.380 e. The third-order valence-electron chi connectivity index (χ3n) is 3.52. The Morgan fingerprint density at radius 2 is 1.87 bits per heavy atom. The average Bonchev–Trinajstić information content (AvgIpc) is 2.27. The van der Waals surface area contributed by atoms with Crippen molar-refractivity contribution in [3.05, 3.63) is 0 Å². The highest BCUT2D eigenvalue weighted by Gasteiger charge is 2.20. The minimum atomic E-state index is 0.508. The summed E-state index contributed by atoms with van der Waals surface area (Å²) in [6.45, 7) is 8.27. The Morgan fingerprint density at radius 1 is 1.20 bits per heavy atom. The van der Waals surface area contributed by atoms with E-state index in [0.717, 1.165) is 25.2 Å². The van der Waals surface area contributed by atoms with E-state index in [1.54, 1.807) is 0 Å². The van der Waals surface area contributed by atoms with Crippen molar-refractivity contribution in [2.24, 2.45) is 5.92 Å². The van der Waals surface area contributed by atoms with Crippen LogP contribution in [0.5, 0.6) is 0 Å².